The van der Waals surface area contributed by atoms with E-state index in [1.807, 2.05) is 38.4 Å². The first kappa shape index (κ1) is 23.3. The summed E-state index contributed by atoms with van der Waals surface area (Å²) in [4.78, 5) is 19.5. The Balaban J connectivity index is 1.39. The fourth-order valence-electron chi connectivity index (χ4n) is 4.63. The van der Waals surface area contributed by atoms with Crippen molar-refractivity contribution in [2.75, 3.05) is 45.6 Å². The topological polar surface area (TPSA) is 110 Å². The Kier molecular flexibility index (Phi) is 6.11. The highest BCUT2D eigenvalue weighted by atomic mass is 19.1. The number of hydrogen-bond donors (Lipinski definition) is 4. The third-order valence-electron chi connectivity index (χ3n) is 6.51. The lowest BCUT2D eigenvalue weighted by Crippen LogP contribution is -2.20. The van der Waals surface area contributed by atoms with Crippen LogP contribution in [0.25, 0.3) is 50.4 Å². The Morgan fingerprint density at radius 3 is 2.86 bits per heavy atom. The zero-order valence-electron chi connectivity index (χ0n) is 20.8. The minimum atomic E-state index is -0.309. The number of likely N-dealkylation sites (N-methyl/N-ethyl adjacent to an activating group) is 1. The summed E-state index contributed by atoms with van der Waals surface area (Å²) < 4.78 is 14.6. The highest BCUT2D eigenvalue weighted by molar-refractivity contribution is 5.95. The number of benzene rings is 1. The molecule has 0 saturated carbocycles. The lowest BCUT2D eigenvalue weighted by molar-refractivity contribution is 0.425. The molecule has 37 heavy (non-hydrogen) atoms. The Labute approximate surface area is 213 Å². The van der Waals surface area contributed by atoms with Crippen molar-refractivity contribution in [2.24, 2.45) is 0 Å². The summed E-state index contributed by atoms with van der Waals surface area (Å²) >= 11 is 0. The van der Waals surface area contributed by atoms with Gasteiger partial charge in [-0.1, -0.05) is 6.08 Å². The van der Waals surface area contributed by atoms with Crippen molar-refractivity contribution >= 4 is 33.5 Å². The van der Waals surface area contributed by atoms with Gasteiger partial charge in [0, 0.05) is 37.1 Å². The number of H-pyrrole nitrogens is 2. The minimum Gasteiger partial charge on any atom is -0.384 e. The van der Waals surface area contributed by atoms with Crippen LogP contribution in [0.5, 0.6) is 0 Å². The van der Waals surface area contributed by atoms with E-state index in [1.54, 1.807) is 6.20 Å². The number of aromatic nitrogens is 6. The number of aromatic amines is 2. The summed E-state index contributed by atoms with van der Waals surface area (Å²) in [7, 11) is 4.01. The van der Waals surface area contributed by atoms with Gasteiger partial charge in [-0.3, -0.25) is 5.10 Å². The second-order valence-corrected chi connectivity index (χ2v) is 9.45. The van der Waals surface area contributed by atoms with Gasteiger partial charge in [-0.25, -0.2) is 19.3 Å². The van der Waals surface area contributed by atoms with Crippen molar-refractivity contribution < 1.29 is 4.39 Å². The molecular weight excluding hydrogens is 469 g/mol. The number of nitrogens with zero attached hydrogens (tertiary/aromatic N) is 5. The quantitative estimate of drug-likeness (QED) is 0.268. The first-order valence-electron chi connectivity index (χ1n) is 12.3. The number of hydrogen-bond acceptors (Lipinski definition) is 7. The molecule has 4 N–H and O–H groups in total. The van der Waals surface area contributed by atoms with E-state index in [1.165, 1.54) is 17.7 Å². The Hall–Kier alpha value is -4.15. The molecule has 5 heterocycles. The van der Waals surface area contributed by atoms with Crippen LogP contribution in [0.2, 0.25) is 0 Å². The lowest BCUT2D eigenvalue weighted by atomic mass is 10.0. The molecule has 0 fully saturated rings. The van der Waals surface area contributed by atoms with Crippen LogP contribution in [0.1, 0.15) is 12.1 Å². The predicted octanol–water partition coefficient (Wildman–Crippen LogP) is 4.05. The summed E-state index contributed by atoms with van der Waals surface area (Å²) in [5.41, 5.74) is 7.90. The normalized spacial score (nSPS) is 14.0. The summed E-state index contributed by atoms with van der Waals surface area (Å²) in [5, 5.41) is 14.2. The monoisotopic (exact) mass is 497 g/mol. The van der Waals surface area contributed by atoms with Crippen LogP contribution in [-0.4, -0.2) is 75.3 Å². The molecule has 4 aromatic heterocycles. The first-order valence-corrected chi connectivity index (χ1v) is 12.3. The van der Waals surface area contributed by atoms with Gasteiger partial charge in [0.25, 0.3) is 0 Å². The highest BCUT2D eigenvalue weighted by Gasteiger charge is 2.18. The number of anilines is 1. The summed E-state index contributed by atoms with van der Waals surface area (Å²) in [6.45, 7) is 3.34. The average molecular weight is 498 g/mol. The van der Waals surface area contributed by atoms with Gasteiger partial charge < -0.3 is 20.5 Å². The molecule has 9 nitrogen and oxygen atoms in total. The highest BCUT2D eigenvalue weighted by Crippen LogP contribution is 2.32. The van der Waals surface area contributed by atoms with E-state index < -0.39 is 0 Å². The van der Waals surface area contributed by atoms with Gasteiger partial charge in [0.05, 0.1) is 16.7 Å². The van der Waals surface area contributed by atoms with Crippen molar-refractivity contribution in [1.29, 1.82) is 0 Å². The number of nitrogens with one attached hydrogen (secondary N) is 4. The smallest absolute Gasteiger partial charge is 0.178 e. The summed E-state index contributed by atoms with van der Waals surface area (Å²) in [6, 6.07) is 10.9. The molecule has 0 saturated heterocycles. The molecule has 0 unspecified atom stereocenters. The van der Waals surface area contributed by atoms with Crippen LogP contribution >= 0.6 is 0 Å². The second-order valence-electron chi connectivity index (χ2n) is 9.45. The lowest BCUT2D eigenvalue weighted by Gasteiger charge is -2.13. The van der Waals surface area contributed by atoms with Crippen molar-refractivity contribution in [3.05, 3.63) is 60.2 Å². The molecule has 1 aromatic carbocycles. The maximum absolute atomic E-state index is 14.6. The third-order valence-corrected chi connectivity index (χ3v) is 6.51. The van der Waals surface area contributed by atoms with Crippen molar-refractivity contribution in [3.8, 4) is 22.6 Å². The predicted molar refractivity (Wildman–Crippen MR) is 145 cm³/mol. The maximum Gasteiger partial charge on any atom is 0.178 e. The molecule has 5 aromatic rings. The van der Waals surface area contributed by atoms with E-state index in [2.05, 4.69) is 41.8 Å². The van der Waals surface area contributed by atoms with E-state index >= 15 is 0 Å². The molecule has 0 amide bonds. The third kappa shape index (κ3) is 4.68. The molecule has 0 spiro atoms. The van der Waals surface area contributed by atoms with Crippen LogP contribution in [0, 0.1) is 5.82 Å². The Morgan fingerprint density at radius 1 is 1.11 bits per heavy atom. The van der Waals surface area contributed by atoms with Crippen molar-refractivity contribution in [2.45, 2.75) is 6.42 Å². The zero-order chi connectivity index (χ0) is 25.4. The van der Waals surface area contributed by atoms with Crippen molar-refractivity contribution in [1.82, 2.24) is 40.3 Å². The first-order chi connectivity index (χ1) is 18.0. The molecule has 6 rings (SSSR count). The van der Waals surface area contributed by atoms with Crippen LogP contribution in [0.3, 0.4) is 0 Å². The van der Waals surface area contributed by atoms with Crippen LogP contribution in [0.4, 0.5) is 10.1 Å². The number of fused-ring (bicyclic) bond motifs is 2. The van der Waals surface area contributed by atoms with Crippen LogP contribution in [-0.2, 0) is 0 Å². The Morgan fingerprint density at radius 2 is 2.03 bits per heavy atom. The van der Waals surface area contributed by atoms with Gasteiger partial charge in [-0.15, -0.1) is 0 Å². The average Bonchev–Trinajstić information content (AvgIpc) is 3.52. The van der Waals surface area contributed by atoms with E-state index in [9.17, 15) is 4.39 Å². The van der Waals surface area contributed by atoms with E-state index in [0.29, 0.717) is 23.7 Å². The molecule has 188 valence electrons. The molecule has 0 bridgehead atoms. The summed E-state index contributed by atoms with van der Waals surface area (Å²) in [5.74, 6) is 0.252. The molecule has 0 atom stereocenters. The zero-order valence-corrected chi connectivity index (χ0v) is 20.8. The molecule has 0 radical (unpaired) electrons. The van der Waals surface area contributed by atoms with Gasteiger partial charge >= 0.3 is 0 Å². The van der Waals surface area contributed by atoms with Gasteiger partial charge in [-0.05, 0) is 74.6 Å². The number of halogens is 1. The Bertz CT molecular complexity index is 1620. The molecule has 0 aliphatic carbocycles. The molecule has 1 aliphatic rings. The molecule has 1 aliphatic heterocycles. The molecular formula is C27H28FN9. The number of rotatable bonds is 7. The number of pyridine rings is 2. The molecule has 10 heteroatoms. The van der Waals surface area contributed by atoms with Crippen LogP contribution in [0.15, 0.2) is 48.7 Å². The second kappa shape index (κ2) is 9.72. The summed E-state index contributed by atoms with van der Waals surface area (Å²) in [6.07, 6.45) is 4.80. The van der Waals surface area contributed by atoms with E-state index in [4.69, 9.17) is 9.97 Å². The standard InChI is InChI=1S/C27H28FN9/c1-37(2)12-11-30-19-14-17(13-18(28)15-19)20-7-10-31-26-23(20)33-27(34-26)25-24-22(35-36-25)4-3-21(32-24)16-5-8-29-9-6-16/h3-5,7,10,13-15,29-30H,6,8-9,11-12H2,1-2H3,(H,35,36)(H,31,33,34). The fraction of sp³-hybridized carbons (Fsp3) is 0.259. The minimum absolute atomic E-state index is 0.309. The maximum atomic E-state index is 14.6. The van der Waals surface area contributed by atoms with Gasteiger partial charge in [0.1, 0.15) is 11.3 Å². The largest absolute Gasteiger partial charge is 0.384 e. The van der Waals surface area contributed by atoms with E-state index in [0.717, 1.165) is 65.1 Å². The number of imidazole rings is 1. The van der Waals surface area contributed by atoms with E-state index in [-0.39, 0.29) is 5.82 Å². The van der Waals surface area contributed by atoms with Gasteiger partial charge in [0.2, 0.25) is 0 Å². The fourth-order valence-corrected chi connectivity index (χ4v) is 4.63. The van der Waals surface area contributed by atoms with Crippen LogP contribution < -0.4 is 10.6 Å². The van der Waals surface area contributed by atoms with Gasteiger partial charge in [-0.2, -0.15) is 5.10 Å². The van der Waals surface area contributed by atoms with Crippen molar-refractivity contribution in [3.63, 3.8) is 0 Å². The SMILES string of the molecule is CN(C)CCNc1cc(F)cc(-c2ccnc3nc(-c4n[nH]c5ccc(C6=CCNCC6)nc45)[nH]c23)c1. The van der Waals surface area contributed by atoms with Gasteiger partial charge in [0.15, 0.2) is 17.2 Å².